The topological polar surface area (TPSA) is 61.2 Å². The molecule has 0 fully saturated rings. The summed E-state index contributed by atoms with van der Waals surface area (Å²) in [5.74, 6) is -0.808. The lowest BCUT2D eigenvalue weighted by atomic mass is 10.0. The molecule has 1 heterocycles. The number of aromatic nitrogens is 2. The van der Waals surface area contributed by atoms with Gasteiger partial charge in [-0.05, 0) is 50.1 Å². The van der Waals surface area contributed by atoms with E-state index in [4.69, 9.17) is 16.3 Å². The minimum atomic E-state index is -0.548. The predicted octanol–water partition coefficient (Wildman–Crippen LogP) is 4.50. The molecule has 156 valence electrons. The van der Waals surface area contributed by atoms with Crippen LogP contribution in [0.5, 0.6) is 0 Å². The van der Waals surface area contributed by atoms with Gasteiger partial charge in [-0.2, -0.15) is 5.10 Å². The minimum absolute atomic E-state index is 0.138. The largest absolute Gasteiger partial charge is 0.460 e. The molecular weight excluding hydrogens is 407 g/mol. The van der Waals surface area contributed by atoms with Crippen LogP contribution in [-0.4, -0.2) is 21.4 Å². The van der Waals surface area contributed by atoms with Crippen LogP contribution < -0.4 is 5.43 Å². The maximum atomic E-state index is 13.7. The van der Waals surface area contributed by atoms with Crippen molar-refractivity contribution in [2.24, 2.45) is 0 Å². The van der Waals surface area contributed by atoms with Crippen LogP contribution in [0, 0.1) is 5.82 Å². The van der Waals surface area contributed by atoms with E-state index in [0.29, 0.717) is 11.4 Å². The number of esters is 1. The van der Waals surface area contributed by atoms with Crippen molar-refractivity contribution in [1.82, 2.24) is 9.78 Å². The van der Waals surface area contributed by atoms with Crippen LogP contribution >= 0.6 is 11.6 Å². The predicted molar refractivity (Wildman–Crippen MR) is 114 cm³/mol. The Balaban J connectivity index is 1.83. The van der Waals surface area contributed by atoms with Gasteiger partial charge in [-0.1, -0.05) is 35.9 Å². The normalized spacial score (nSPS) is 11.4. The van der Waals surface area contributed by atoms with Crippen molar-refractivity contribution in [3.63, 3.8) is 0 Å². The molecule has 0 unspecified atom stereocenters. The highest BCUT2D eigenvalue weighted by Gasteiger charge is 2.16. The average molecular weight is 429 g/mol. The van der Waals surface area contributed by atoms with Crippen molar-refractivity contribution < 1.29 is 13.9 Å². The maximum absolute atomic E-state index is 13.7. The second-order valence-corrected chi connectivity index (χ2v) is 8.40. The van der Waals surface area contributed by atoms with Crippen LogP contribution in [0.3, 0.4) is 0 Å². The van der Waals surface area contributed by atoms with E-state index in [0.717, 1.165) is 11.1 Å². The summed E-state index contributed by atoms with van der Waals surface area (Å²) in [6.45, 7) is 5.46. The third-order valence-corrected chi connectivity index (χ3v) is 4.34. The molecule has 2 aromatic carbocycles. The fourth-order valence-electron chi connectivity index (χ4n) is 2.97. The Labute approximate surface area is 179 Å². The average Bonchev–Trinajstić information content (AvgIpc) is 2.61. The highest BCUT2D eigenvalue weighted by molar-refractivity contribution is 6.30. The first kappa shape index (κ1) is 21.7. The molecule has 3 rings (SSSR count). The maximum Gasteiger partial charge on any atom is 0.310 e. The number of hydrogen-bond acceptors (Lipinski definition) is 4. The quantitative estimate of drug-likeness (QED) is 0.561. The van der Waals surface area contributed by atoms with Crippen molar-refractivity contribution in [1.29, 1.82) is 0 Å². The van der Waals surface area contributed by atoms with Crippen LogP contribution in [-0.2, 0) is 22.4 Å². The summed E-state index contributed by atoms with van der Waals surface area (Å²) in [5, 5.41) is 4.58. The lowest BCUT2D eigenvalue weighted by Crippen LogP contribution is -2.24. The molecule has 3 aromatic rings. The third-order valence-electron chi connectivity index (χ3n) is 4.12. The summed E-state index contributed by atoms with van der Waals surface area (Å²) in [7, 11) is 0. The van der Waals surface area contributed by atoms with Gasteiger partial charge in [0.1, 0.15) is 17.1 Å². The number of hydrogen-bond donors (Lipinski definition) is 0. The van der Waals surface area contributed by atoms with E-state index in [9.17, 15) is 14.0 Å². The fourth-order valence-corrected chi connectivity index (χ4v) is 3.19. The molecule has 0 spiro atoms. The number of carbonyl (C=O) groups is 1. The van der Waals surface area contributed by atoms with E-state index in [-0.39, 0.29) is 29.3 Å². The first-order chi connectivity index (χ1) is 14.1. The Hall–Kier alpha value is -2.99. The first-order valence-electron chi connectivity index (χ1n) is 9.44. The zero-order valence-electron chi connectivity index (χ0n) is 17.0. The van der Waals surface area contributed by atoms with Gasteiger partial charge in [-0.3, -0.25) is 9.59 Å². The minimum Gasteiger partial charge on any atom is -0.460 e. The van der Waals surface area contributed by atoms with Crippen molar-refractivity contribution in [2.45, 2.75) is 39.2 Å². The van der Waals surface area contributed by atoms with Gasteiger partial charge in [-0.15, -0.1) is 0 Å². The van der Waals surface area contributed by atoms with Crippen molar-refractivity contribution in [3.8, 4) is 5.69 Å². The zero-order valence-corrected chi connectivity index (χ0v) is 17.7. The van der Waals surface area contributed by atoms with Crippen molar-refractivity contribution >= 4 is 17.6 Å². The molecule has 0 aliphatic carbocycles. The molecule has 0 saturated carbocycles. The number of carbonyl (C=O) groups excluding carboxylic acids is 1. The second kappa shape index (κ2) is 8.79. The summed E-state index contributed by atoms with van der Waals surface area (Å²) < 4.78 is 20.4. The Bertz CT molecular complexity index is 1120. The van der Waals surface area contributed by atoms with E-state index in [1.165, 1.54) is 29.1 Å². The molecule has 0 saturated heterocycles. The lowest BCUT2D eigenvalue weighted by Gasteiger charge is -2.19. The van der Waals surface area contributed by atoms with E-state index in [1.807, 2.05) is 45.0 Å². The summed E-state index contributed by atoms with van der Waals surface area (Å²) >= 11 is 5.92. The zero-order chi connectivity index (χ0) is 21.9. The number of rotatable bonds is 5. The molecule has 0 aliphatic rings. The van der Waals surface area contributed by atoms with Crippen molar-refractivity contribution in [2.75, 3.05) is 0 Å². The molecule has 30 heavy (non-hydrogen) atoms. The van der Waals surface area contributed by atoms with Gasteiger partial charge < -0.3 is 4.74 Å². The molecule has 7 heteroatoms. The molecule has 0 radical (unpaired) electrons. The van der Waals surface area contributed by atoms with E-state index in [1.54, 1.807) is 6.07 Å². The van der Waals surface area contributed by atoms with E-state index < -0.39 is 11.4 Å². The lowest BCUT2D eigenvalue weighted by molar-refractivity contribution is -0.153. The molecule has 0 aliphatic heterocycles. The Morgan fingerprint density at radius 1 is 1.13 bits per heavy atom. The van der Waals surface area contributed by atoms with Crippen LogP contribution in [0.15, 0.2) is 59.5 Å². The summed E-state index contributed by atoms with van der Waals surface area (Å²) in [6.07, 6.45) is 1.88. The Morgan fingerprint density at radius 2 is 1.87 bits per heavy atom. The van der Waals surface area contributed by atoms with Crippen LogP contribution in [0.4, 0.5) is 4.39 Å². The standard InChI is InChI=1S/C23H22ClFN2O3/c1-23(2,3)30-22(29)11-16-6-4-5-15(9-16)10-20-21(28)7-8-27(26-20)19-13-17(24)12-18(25)14-19/h4-9,12-14H,10-11H2,1-3H3. The van der Waals surface area contributed by atoms with Crippen LogP contribution in [0.1, 0.15) is 37.6 Å². The van der Waals surface area contributed by atoms with Gasteiger partial charge in [0.15, 0.2) is 0 Å². The van der Waals surface area contributed by atoms with Crippen LogP contribution in [0.2, 0.25) is 5.02 Å². The number of benzene rings is 2. The molecule has 1 aromatic heterocycles. The molecule has 5 nitrogen and oxygen atoms in total. The number of nitrogens with zero attached hydrogens (tertiary/aromatic N) is 2. The van der Waals surface area contributed by atoms with Gasteiger partial charge in [-0.25, -0.2) is 9.07 Å². The molecule has 0 N–H and O–H groups in total. The SMILES string of the molecule is CC(C)(C)OC(=O)Cc1cccc(Cc2nn(-c3cc(F)cc(Cl)c3)ccc2=O)c1. The van der Waals surface area contributed by atoms with Crippen LogP contribution in [0.25, 0.3) is 5.69 Å². The Morgan fingerprint density at radius 3 is 2.57 bits per heavy atom. The smallest absolute Gasteiger partial charge is 0.310 e. The van der Waals surface area contributed by atoms with Crippen molar-refractivity contribution in [3.05, 3.63) is 92.6 Å². The van der Waals surface area contributed by atoms with Gasteiger partial charge in [0.05, 0.1) is 12.1 Å². The first-order valence-corrected chi connectivity index (χ1v) is 9.82. The van der Waals surface area contributed by atoms with Gasteiger partial charge in [0, 0.05) is 23.7 Å². The van der Waals surface area contributed by atoms with Gasteiger partial charge in [0.25, 0.3) is 0 Å². The summed E-state index contributed by atoms with van der Waals surface area (Å²) in [6, 6.07) is 12.8. The fraction of sp³-hybridized carbons (Fsp3) is 0.261. The molecular formula is C23H22ClFN2O3. The van der Waals surface area contributed by atoms with Gasteiger partial charge in [0.2, 0.25) is 5.43 Å². The highest BCUT2D eigenvalue weighted by atomic mass is 35.5. The number of halogens is 2. The molecule has 0 bridgehead atoms. The highest BCUT2D eigenvalue weighted by Crippen LogP contribution is 2.17. The van der Waals surface area contributed by atoms with E-state index in [2.05, 4.69) is 5.10 Å². The second-order valence-electron chi connectivity index (χ2n) is 7.96. The van der Waals surface area contributed by atoms with Gasteiger partial charge >= 0.3 is 5.97 Å². The Kier molecular flexibility index (Phi) is 6.37. The monoisotopic (exact) mass is 428 g/mol. The van der Waals surface area contributed by atoms with E-state index >= 15 is 0 Å². The summed E-state index contributed by atoms with van der Waals surface area (Å²) in [5.41, 5.74) is 1.55. The number of ether oxygens (including phenoxy) is 1. The molecule has 0 atom stereocenters. The third kappa shape index (κ3) is 6.00. The molecule has 0 amide bonds. The summed E-state index contributed by atoms with van der Waals surface area (Å²) in [4.78, 5) is 24.4.